The van der Waals surface area contributed by atoms with Gasteiger partial charge in [-0.25, -0.2) is 0 Å². The lowest BCUT2D eigenvalue weighted by Gasteiger charge is -1.91. The minimum absolute atomic E-state index is 0.0425. The summed E-state index contributed by atoms with van der Waals surface area (Å²) in [5, 5.41) is 0. The SMILES string of the molecule is CC.FOCc1ccccc1. The standard InChI is InChI=1S/C7H7FO.C2H6/c8-9-6-7-4-2-1-3-5-7;1-2/h1-5H,6H2;1-2H3. The highest BCUT2D eigenvalue weighted by atomic mass is 19.3. The first-order chi connectivity index (χ1) is 5.43. The first-order valence-corrected chi connectivity index (χ1v) is 3.71. The molecule has 0 bridgehead atoms. The van der Waals surface area contributed by atoms with Gasteiger partial charge in [-0.05, 0) is 10.1 Å². The molecule has 62 valence electrons. The lowest BCUT2D eigenvalue weighted by Crippen LogP contribution is -1.81. The van der Waals surface area contributed by atoms with Gasteiger partial charge in [0.1, 0.15) is 6.61 Å². The van der Waals surface area contributed by atoms with Crippen molar-refractivity contribution in [3.05, 3.63) is 35.9 Å². The van der Waals surface area contributed by atoms with Crippen LogP contribution in [0, 0.1) is 0 Å². The molecule has 2 heteroatoms. The molecule has 0 amide bonds. The van der Waals surface area contributed by atoms with Crippen molar-refractivity contribution in [1.29, 1.82) is 0 Å². The molecule has 0 aliphatic carbocycles. The van der Waals surface area contributed by atoms with Crippen LogP contribution in [0.5, 0.6) is 0 Å². The van der Waals surface area contributed by atoms with E-state index in [1.54, 1.807) is 12.1 Å². The molecule has 0 saturated carbocycles. The lowest BCUT2D eigenvalue weighted by atomic mass is 10.2. The van der Waals surface area contributed by atoms with Crippen LogP contribution in [-0.4, -0.2) is 0 Å². The maximum absolute atomic E-state index is 11.2. The normalized spacial score (nSPS) is 8.27. The van der Waals surface area contributed by atoms with E-state index >= 15 is 0 Å². The average Bonchev–Trinajstić information content (AvgIpc) is 2.11. The number of rotatable bonds is 2. The van der Waals surface area contributed by atoms with Crippen LogP contribution in [0.4, 0.5) is 4.53 Å². The molecule has 0 N–H and O–H groups in total. The third kappa shape index (κ3) is 4.51. The summed E-state index contributed by atoms with van der Waals surface area (Å²) < 4.78 is 11.2. The summed E-state index contributed by atoms with van der Waals surface area (Å²) in [5.74, 6) is 0. The van der Waals surface area contributed by atoms with Crippen molar-refractivity contribution < 1.29 is 9.47 Å². The molecule has 0 heterocycles. The van der Waals surface area contributed by atoms with Gasteiger partial charge < -0.3 is 0 Å². The third-order valence-corrected chi connectivity index (χ3v) is 1.06. The summed E-state index contributed by atoms with van der Waals surface area (Å²) in [7, 11) is 0. The second kappa shape index (κ2) is 7.22. The smallest absolute Gasteiger partial charge is 0.113 e. The molecular formula is C9H13FO. The van der Waals surface area contributed by atoms with E-state index in [9.17, 15) is 4.53 Å². The molecule has 0 aliphatic heterocycles. The Morgan fingerprint density at radius 2 is 1.73 bits per heavy atom. The molecule has 1 aromatic rings. The van der Waals surface area contributed by atoms with Crippen LogP contribution in [0.15, 0.2) is 30.3 Å². The van der Waals surface area contributed by atoms with Gasteiger partial charge in [-0.2, -0.15) is 4.94 Å². The fourth-order valence-corrected chi connectivity index (χ4v) is 0.637. The van der Waals surface area contributed by atoms with E-state index in [0.717, 1.165) is 5.56 Å². The molecule has 0 saturated heterocycles. The van der Waals surface area contributed by atoms with Crippen LogP contribution < -0.4 is 0 Å². The molecule has 0 spiro atoms. The van der Waals surface area contributed by atoms with E-state index < -0.39 is 0 Å². The highest BCUT2D eigenvalue weighted by molar-refractivity contribution is 5.13. The first kappa shape index (κ1) is 10.1. The van der Waals surface area contributed by atoms with Gasteiger partial charge >= 0.3 is 0 Å². The fraction of sp³-hybridized carbons (Fsp3) is 0.333. The van der Waals surface area contributed by atoms with Crippen molar-refractivity contribution in [2.45, 2.75) is 20.5 Å². The summed E-state index contributed by atoms with van der Waals surface area (Å²) in [5.41, 5.74) is 0.847. The Bertz CT molecular complexity index is 162. The van der Waals surface area contributed by atoms with Gasteiger partial charge in [-0.3, -0.25) is 0 Å². The topological polar surface area (TPSA) is 9.23 Å². The number of hydrogen-bond donors (Lipinski definition) is 0. The quantitative estimate of drug-likeness (QED) is 0.639. The highest BCUT2D eigenvalue weighted by Crippen LogP contribution is 1.99. The Morgan fingerprint density at radius 1 is 1.18 bits per heavy atom. The molecule has 1 nitrogen and oxygen atoms in total. The predicted octanol–water partition coefficient (Wildman–Crippen LogP) is 3.11. The average molecular weight is 156 g/mol. The molecule has 0 radical (unpaired) electrons. The van der Waals surface area contributed by atoms with Gasteiger partial charge in [-0.1, -0.05) is 44.2 Å². The Balaban J connectivity index is 0.000000461. The molecule has 0 aromatic heterocycles. The monoisotopic (exact) mass is 156 g/mol. The van der Waals surface area contributed by atoms with E-state index in [0.29, 0.717) is 0 Å². The van der Waals surface area contributed by atoms with Crippen molar-refractivity contribution in [3.63, 3.8) is 0 Å². The van der Waals surface area contributed by atoms with Crippen molar-refractivity contribution in [2.24, 2.45) is 0 Å². The van der Waals surface area contributed by atoms with E-state index in [-0.39, 0.29) is 6.61 Å². The van der Waals surface area contributed by atoms with Gasteiger partial charge in [0.2, 0.25) is 0 Å². The second-order valence-corrected chi connectivity index (χ2v) is 1.74. The van der Waals surface area contributed by atoms with E-state index in [1.165, 1.54) is 0 Å². The van der Waals surface area contributed by atoms with Crippen LogP contribution in [0.2, 0.25) is 0 Å². The molecule has 1 rings (SSSR count). The maximum Gasteiger partial charge on any atom is 0.113 e. The summed E-state index contributed by atoms with van der Waals surface area (Å²) in [6, 6.07) is 9.17. The van der Waals surface area contributed by atoms with Crippen molar-refractivity contribution in [2.75, 3.05) is 0 Å². The van der Waals surface area contributed by atoms with Crippen molar-refractivity contribution in [1.82, 2.24) is 0 Å². The van der Waals surface area contributed by atoms with Crippen LogP contribution in [0.25, 0.3) is 0 Å². The van der Waals surface area contributed by atoms with Crippen LogP contribution >= 0.6 is 0 Å². The third-order valence-electron chi connectivity index (χ3n) is 1.06. The fourth-order valence-electron chi connectivity index (χ4n) is 0.637. The van der Waals surface area contributed by atoms with Crippen LogP contribution in [0.3, 0.4) is 0 Å². The predicted molar refractivity (Wildman–Crippen MR) is 43.7 cm³/mol. The summed E-state index contributed by atoms with van der Waals surface area (Å²) in [4.78, 5) is 3.43. The molecule has 0 fully saturated rings. The van der Waals surface area contributed by atoms with Gasteiger partial charge in [0.25, 0.3) is 0 Å². The first-order valence-electron chi connectivity index (χ1n) is 3.71. The number of benzene rings is 1. The van der Waals surface area contributed by atoms with Gasteiger partial charge in [0, 0.05) is 0 Å². The zero-order chi connectivity index (χ0) is 8.53. The Labute approximate surface area is 66.7 Å². The summed E-state index contributed by atoms with van der Waals surface area (Å²) in [6.45, 7) is 4.04. The van der Waals surface area contributed by atoms with Crippen molar-refractivity contribution >= 4 is 0 Å². The van der Waals surface area contributed by atoms with Crippen molar-refractivity contribution in [3.8, 4) is 0 Å². The lowest BCUT2D eigenvalue weighted by molar-refractivity contribution is -0.144. The highest BCUT2D eigenvalue weighted by Gasteiger charge is 1.87. The number of hydrogen-bond acceptors (Lipinski definition) is 1. The largest absolute Gasteiger partial charge is 0.189 e. The molecule has 0 atom stereocenters. The molecule has 0 aliphatic rings. The zero-order valence-corrected chi connectivity index (χ0v) is 6.88. The van der Waals surface area contributed by atoms with Gasteiger partial charge in [0.15, 0.2) is 0 Å². The molecule has 11 heavy (non-hydrogen) atoms. The van der Waals surface area contributed by atoms with E-state index in [2.05, 4.69) is 4.94 Å². The van der Waals surface area contributed by atoms with Gasteiger partial charge in [-0.15, -0.1) is 0 Å². The maximum atomic E-state index is 11.2. The minimum Gasteiger partial charge on any atom is -0.189 e. The van der Waals surface area contributed by atoms with E-state index in [1.807, 2.05) is 32.0 Å². The Hall–Kier alpha value is -0.890. The molecular weight excluding hydrogens is 143 g/mol. The summed E-state index contributed by atoms with van der Waals surface area (Å²) >= 11 is 0. The van der Waals surface area contributed by atoms with Gasteiger partial charge in [0.05, 0.1) is 0 Å². The number of halogens is 1. The van der Waals surface area contributed by atoms with Crippen LogP contribution in [0.1, 0.15) is 19.4 Å². The molecule has 1 aromatic carbocycles. The Morgan fingerprint density at radius 3 is 2.18 bits per heavy atom. The second-order valence-electron chi connectivity index (χ2n) is 1.74. The molecule has 0 unspecified atom stereocenters. The van der Waals surface area contributed by atoms with E-state index in [4.69, 9.17) is 0 Å². The minimum atomic E-state index is 0.0425. The van der Waals surface area contributed by atoms with Crippen LogP contribution in [-0.2, 0) is 11.5 Å². The zero-order valence-electron chi connectivity index (χ0n) is 6.88. The summed E-state index contributed by atoms with van der Waals surface area (Å²) in [6.07, 6.45) is 0. The Kier molecular flexibility index (Phi) is 6.64.